The van der Waals surface area contributed by atoms with Crippen LogP contribution in [0.5, 0.6) is 11.5 Å². The number of primary amides is 1. The van der Waals surface area contributed by atoms with Crippen molar-refractivity contribution in [2.75, 3.05) is 0 Å². The molecule has 1 aromatic carbocycles. The normalized spacial score (nSPS) is 9.53. The maximum absolute atomic E-state index is 10.9. The predicted octanol–water partition coefficient (Wildman–Crippen LogP) is 0.636. The van der Waals surface area contributed by atoms with Gasteiger partial charge in [-0.05, 0) is 18.2 Å². The summed E-state index contributed by atoms with van der Waals surface area (Å²) in [5, 5.41) is 0. The van der Waals surface area contributed by atoms with E-state index in [1.54, 1.807) is 0 Å². The summed E-state index contributed by atoms with van der Waals surface area (Å²) >= 11 is 0. The highest BCUT2D eigenvalue weighted by Gasteiger charge is 2.12. The van der Waals surface area contributed by atoms with E-state index in [9.17, 15) is 14.4 Å². The maximum Gasteiger partial charge on any atom is 0.308 e. The van der Waals surface area contributed by atoms with Crippen LogP contribution in [0.15, 0.2) is 18.2 Å². The maximum atomic E-state index is 10.9. The largest absolute Gasteiger partial charge is 0.423 e. The van der Waals surface area contributed by atoms with E-state index in [1.165, 1.54) is 32.0 Å². The second kappa shape index (κ2) is 5.11. The molecule has 0 radical (unpaired) electrons. The van der Waals surface area contributed by atoms with Crippen LogP contribution in [0.4, 0.5) is 0 Å². The first-order valence-electron chi connectivity index (χ1n) is 4.71. The number of hydrogen-bond donors (Lipinski definition) is 1. The fourth-order valence-corrected chi connectivity index (χ4v) is 1.14. The number of benzene rings is 1. The lowest BCUT2D eigenvalue weighted by molar-refractivity contribution is -0.134. The molecule has 1 rings (SSSR count). The molecule has 0 aliphatic rings. The fourth-order valence-electron chi connectivity index (χ4n) is 1.14. The molecule has 6 heteroatoms. The summed E-state index contributed by atoms with van der Waals surface area (Å²) in [6, 6.07) is 3.94. The molecule has 0 saturated heterocycles. The van der Waals surface area contributed by atoms with Crippen molar-refractivity contribution >= 4 is 17.8 Å². The highest BCUT2D eigenvalue weighted by Crippen LogP contribution is 2.28. The lowest BCUT2D eigenvalue weighted by atomic mass is 10.2. The molecule has 0 fully saturated rings. The van der Waals surface area contributed by atoms with Crippen molar-refractivity contribution in [3.63, 3.8) is 0 Å². The van der Waals surface area contributed by atoms with Crippen molar-refractivity contribution in [1.82, 2.24) is 0 Å². The monoisotopic (exact) mass is 237 g/mol. The Bertz CT molecular complexity index is 481. The van der Waals surface area contributed by atoms with Gasteiger partial charge in [-0.2, -0.15) is 0 Å². The fraction of sp³-hybridized carbons (Fsp3) is 0.182. The van der Waals surface area contributed by atoms with Gasteiger partial charge >= 0.3 is 11.9 Å². The average molecular weight is 237 g/mol. The highest BCUT2D eigenvalue weighted by atomic mass is 16.6. The van der Waals surface area contributed by atoms with E-state index in [4.69, 9.17) is 15.2 Å². The van der Waals surface area contributed by atoms with Crippen LogP contribution in [0.3, 0.4) is 0 Å². The van der Waals surface area contributed by atoms with Gasteiger partial charge in [-0.25, -0.2) is 0 Å². The van der Waals surface area contributed by atoms with Gasteiger partial charge in [0.25, 0.3) is 0 Å². The molecule has 1 amide bonds. The molecule has 90 valence electrons. The van der Waals surface area contributed by atoms with E-state index in [0.717, 1.165) is 0 Å². The van der Waals surface area contributed by atoms with E-state index >= 15 is 0 Å². The van der Waals surface area contributed by atoms with E-state index in [-0.39, 0.29) is 17.1 Å². The Hall–Kier alpha value is -2.37. The topological polar surface area (TPSA) is 95.7 Å². The Balaban J connectivity index is 3.15. The first kappa shape index (κ1) is 12.7. The van der Waals surface area contributed by atoms with Crippen LogP contribution in [-0.4, -0.2) is 17.8 Å². The van der Waals surface area contributed by atoms with Crippen molar-refractivity contribution in [2.45, 2.75) is 13.8 Å². The van der Waals surface area contributed by atoms with Gasteiger partial charge in [0.05, 0.1) is 0 Å². The minimum absolute atomic E-state index is 0.0241. The molecule has 6 nitrogen and oxygen atoms in total. The number of carbonyl (C=O) groups is 3. The third-order valence-corrected chi connectivity index (χ3v) is 1.74. The number of nitrogens with two attached hydrogens (primary N) is 1. The van der Waals surface area contributed by atoms with Gasteiger partial charge in [0.1, 0.15) is 0 Å². The van der Waals surface area contributed by atoms with E-state index in [2.05, 4.69) is 0 Å². The molecule has 0 saturated carbocycles. The zero-order valence-electron chi connectivity index (χ0n) is 9.35. The molecule has 0 spiro atoms. The van der Waals surface area contributed by atoms with Gasteiger partial charge < -0.3 is 15.2 Å². The number of hydrogen-bond acceptors (Lipinski definition) is 5. The molecule has 0 heterocycles. The van der Waals surface area contributed by atoms with Crippen LogP contribution in [0.2, 0.25) is 0 Å². The molecule has 2 N–H and O–H groups in total. The Morgan fingerprint density at radius 1 is 1.00 bits per heavy atom. The van der Waals surface area contributed by atoms with Crippen molar-refractivity contribution in [2.24, 2.45) is 5.73 Å². The summed E-state index contributed by atoms with van der Waals surface area (Å²) in [6.45, 7) is 2.40. The van der Waals surface area contributed by atoms with Gasteiger partial charge in [-0.3, -0.25) is 14.4 Å². The van der Waals surface area contributed by atoms with Gasteiger partial charge in [0, 0.05) is 19.4 Å². The zero-order valence-corrected chi connectivity index (χ0v) is 9.35. The molecular weight excluding hydrogens is 226 g/mol. The van der Waals surface area contributed by atoms with Crippen LogP contribution < -0.4 is 15.2 Å². The van der Waals surface area contributed by atoms with Crippen LogP contribution in [0.1, 0.15) is 24.2 Å². The summed E-state index contributed by atoms with van der Waals surface area (Å²) in [5.41, 5.74) is 5.23. The third kappa shape index (κ3) is 3.60. The molecule has 0 aromatic heterocycles. The lowest BCUT2D eigenvalue weighted by Crippen LogP contribution is -2.12. The molecule has 17 heavy (non-hydrogen) atoms. The molecule has 0 bridgehead atoms. The summed E-state index contributed by atoms with van der Waals surface area (Å²) in [5.74, 6) is -1.81. The molecule has 0 unspecified atom stereocenters. The minimum atomic E-state index is -0.673. The van der Waals surface area contributed by atoms with Crippen LogP contribution in [-0.2, 0) is 9.59 Å². The summed E-state index contributed by atoms with van der Waals surface area (Å²) in [4.78, 5) is 32.6. The van der Waals surface area contributed by atoms with Crippen molar-refractivity contribution in [1.29, 1.82) is 0 Å². The standard InChI is InChI=1S/C11H11NO5/c1-6(13)16-9-4-3-8(11(12)15)5-10(9)17-7(2)14/h3-5H,1-2H3,(H2,12,15). The quantitative estimate of drug-likeness (QED) is 0.614. The molecule has 0 aliphatic heterocycles. The van der Waals surface area contributed by atoms with E-state index in [1.807, 2.05) is 0 Å². The predicted molar refractivity (Wildman–Crippen MR) is 57.6 cm³/mol. The highest BCUT2D eigenvalue weighted by molar-refractivity contribution is 5.93. The summed E-state index contributed by atoms with van der Waals surface area (Å²) in [6.07, 6.45) is 0. The molecule has 0 aliphatic carbocycles. The minimum Gasteiger partial charge on any atom is -0.423 e. The van der Waals surface area contributed by atoms with Gasteiger partial charge in [0.2, 0.25) is 5.91 Å². The molecule has 0 atom stereocenters. The average Bonchev–Trinajstić information content (AvgIpc) is 2.18. The third-order valence-electron chi connectivity index (χ3n) is 1.74. The number of esters is 2. The van der Waals surface area contributed by atoms with E-state index in [0.29, 0.717) is 0 Å². The van der Waals surface area contributed by atoms with Gasteiger partial charge in [0.15, 0.2) is 11.5 Å². The Morgan fingerprint density at radius 2 is 1.53 bits per heavy atom. The summed E-state index contributed by atoms with van der Waals surface area (Å²) in [7, 11) is 0. The van der Waals surface area contributed by atoms with E-state index < -0.39 is 17.8 Å². The van der Waals surface area contributed by atoms with Crippen LogP contribution in [0.25, 0.3) is 0 Å². The van der Waals surface area contributed by atoms with Gasteiger partial charge in [-0.1, -0.05) is 0 Å². The van der Waals surface area contributed by atoms with Crippen LogP contribution in [0, 0.1) is 0 Å². The van der Waals surface area contributed by atoms with Crippen molar-refractivity contribution in [3.05, 3.63) is 23.8 Å². The van der Waals surface area contributed by atoms with Gasteiger partial charge in [-0.15, -0.1) is 0 Å². The number of ether oxygens (including phenoxy) is 2. The molecular formula is C11H11NO5. The Morgan fingerprint density at radius 3 is 2.00 bits per heavy atom. The second-order valence-electron chi connectivity index (χ2n) is 3.21. The first-order valence-corrected chi connectivity index (χ1v) is 4.71. The number of rotatable bonds is 3. The Labute approximate surface area is 97.3 Å². The molecule has 1 aromatic rings. The lowest BCUT2D eigenvalue weighted by Gasteiger charge is -2.09. The van der Waals surface area contributed by atoms with Crippen LogP contribution >= 0.6 is 0 Å². The Kier molecular flexibility index (Phi) is 3.82. The zero-order chi connectivity index (χ0) is 13.0. The smallest absolute Gasteiger partial charge is 0.308 e. The van der Waals surface area contributed by atoms with Crippen molar-refractivity contribution in [3.8, 4) is 11.5 Å². The SMILES string of the molecule is CC(=O)Oc1ccc(C(N)=O)cc1OC(C)=O. The number of amides is 1. The van der Waals surface area contributed by atoms with Crippen molar-refractivity contribution < 1.29 is 23.9 Å². The first-order chi connectivity index (χ1) is 7.90. The number of carbonyl (C=O) groups excluding carboxylic acids is 3. The second-order valence-corrected chi connectivity index (χ2v) is 3.21. The summed E-state index contributed by atoms with van der Waals surface area (Å²) < 4.78 is 9.63.